The summed E-state index contributed by atoms with van der Waals surface area (Å²) in [6, 6.07) is 4.67. The average Bonchev–Trinajstić information content (AvgIpc) is 2.62. The van der Waals surface area contributed by atoms with E-state index in [1.165, 1.54) is 11.5 Å². The van der Waals surface area contributed by atoms with Gasteiger partial charge in [-0.25, -0.2) is 0 Å². The molecule has 0 saturated carbocycles. The lowest BCUT2D eigenvalue weighted by atomic mass is 10.1. The van der Waals surface area contributed by atoms with Crippen LogP contribution in [0.5, 0.6) is 0 Å². The average molecular weight is 255 g/mol. The molecule has 1 aliphatic rings. The number of carbonyl (C=O) groups is 1. The summed E-state index contributed by atoms with van der Waals surface area (Å²) >= 11 is 0. The normalized spacial score (nSPS) is 17.6. The van der Waals surface area contributed by atoms with Crippen LogP contribution in [0.4, 0.5) is 0 Å². The third-order valence-corrected chi connectivity index (χ3v) is 3.97. The molecule has 1 aromatic rings. The third-order valence-electron chi connectivity index (χ3n) is 2.43. The fourth-order valence-electron chi connectivity index (χ4n) is 1.61. The van der Waals surface area contributed by atoms with E-state index in [-0.39, 0.29) is 19.1 Å². The first-order chi connectivity index (χ1) is 8.04. The fraction of sp³-hybridized carbons (Fsp3) is 0.182. The molecule has 1 aromatic carbocycles. The van der Waals surface area contributed by atoms with Crippen LogP contribution >= 0.6 is 10.6 Å². The number of nitrogens with one attached hydrogen (secondary N) is 1. The molecule has 0 atom stereocenters. The van der Waals surface area contributed by atoms with E-state index in [1.54, 1.807) is 18.2 Å². The minimum atomic E-state index is -2.82. The van der Waals surface area contributed by atoms with Crippen LogP contribution in [0.3, 0.4) is 0 Å². The van der Waals surface area contributed by atoms with Crippen molar-refractivity contribution in [2.24, 2.45) is 0 Å². The van der Waals surface area contributed by atoms with Crippen LogP contribution in [-0.2, 0) is 0 Å². The molecule has 0 saturated heterocycles. The summed E-state index contributed by atoms with van der Waals surface area (Å²) in [6.07, 6.45) is 1.59. The molecular formula is C11H13NO4S. The maximum Gasteiger partial charge on any atom is 0.251 e. The largest absolute Gasteiger partial charge is 0.395 e. The molecular weight excluding hydrogens is 242 g/mol. The van der Waals surface area contributed by atoms with Gasteiger partial charge >= 0.3 is 0 Å². The highest BCUT2D eigenvalue weighted by Crippen LogP contribution is 2.55. The Hall–Kier alpha value is -1.34. The Morgan fingerprint density at radius 1 is 1.35 bits per heavy atom. The SMILES string of the molecule is O=C(NCCO)c1ccc2c(c1)C=CS2(O)O. The van der Waals surface area contributed by atoms with Gasteiger partial charge in [-0.1, -0.05) is 0 Å². The number of amides is 1. The molecule has 0 bridgehead atoms. The van der Waals surface area contributed by atoms with Crippen LogP contribution in [0.1, 0.15) is 15.9 Å². The highest BCUT2D eigenvalue weighted by Gasteiger charge is 2.22. The van der Waals surface area contributed by atoms with Crippen molar-refractivity contribution in [3.8, 4) is 0 Å². The molecule has 1 aliphatic heterocycles. The van der Waals surface area contributed by atoms with Crippen molar-refractivity contribution in [3.63, 3.8) is 0 Å². The number of benzene rings is 1. The Morgan fingerprint density at radius 2 is 2.12 bits per heavy atom. The molecule has 0 aliphatic carbocycles. The zero-order valence-electron chi connectivity index (χ0n) is 8.96. The molecule has 0 aromatic heterocycles. The van der Waals surface area contributed by atoms with Crippen molar-refractivity contribution in [2.75, 3.05) is 13.2 Å². The summed E-state index contributed by atoms with van der Waals surface area (Å²) in [5, 5.41) is 12.5. The maximum absolute atomic E-state index is 11.6. The van der Waals surface area contributed by atoms with Crippen LogP contribution in [0, 0.1) is 0 Å². The second kappa shape index (κ2) is 4.50. The lowest BCUT2D eigenvalue weighted by molar-refractivity contribution is 0.0944. The van der Waals surface area contributed by atoms with Gasteiger partial charge in [-0.05, 0) is 29.8 Å². The van der Waals surface area contributed by atoms with Crippen molar-refractivity contribution in [3.05, 3.63) is 34.7 Å². The monoisotopic (exact) mass is 255 g/mol. The van der Waals surface area contributed by atoms with Gasteiger partial charge in [0.15, 0.2) is 0 Å². The standard InChI is InChI=1S/C11H13NO4S/c13-5-4-12-11(14)9-1-2-10-8(7-9)3-6-17(10,15)16/h1-3,6-7,13,15-16H,4-5H2,(H,12,14). The highest BCUT2D eigenvalue weighted by molar-refractivity contribution is 8.27. The molecule has 1 heterocycles. The Kier molecular flexibility index (Phi) is 3.21. The number of fused-ring (bicyclic) bond motifs is 1. The molecule has 5 nitrogen and oxygen atoms in total. The Labute approximate surface area is 100 Å². The Morgan fingerprint density at radius 3 is 2.82 bits per heavy atom. The van der Waals surface area contributed by atoms with E-state index in [9.17, 15) is 13.9 Å². The summed E-state index contributed by atoms with van der Waals surface area (Å²) in [6.45, 7) is 0.0814. The number of hydrogen-bond acceptors (Lipinski definition) is 4. The first kappa shape index (κ1) is 12.1. The molecule has 17 heavy (non-hydrogen) atoms. The first-order valence-corrected chi connectivity index (χ1v) is 6.65. The summed E-state index contributed by atoms with van der Waals surface area (Å²) in [5.74, 6) is -0.293. The molecule has 0 radical (unpaired) electrons. The smallest absolute Gasteiger partial charge is 0.251 e. The van der Waals surface area contributed by atoms with Gasteiger partial charge < -0.3 is 10.4 Å². The molecule has 1 amide bonds. The van der Waals surface area contributed by atoms with Gasteiger partial charge in [0.2, 0.25) is 0 Å². The Balaban J connectivity index is 2.24. The second-order valence-corrected chi connectivity index (χ2v) is 5.53. The molecule has 2 rings (SSSR count). The highest BCUT2D eigenvalue weighted by atomic mass is 32.3. The zero-order chi connectivity index (χ0) is 12.5. The summed E-state index contributed by atoms with van der Waals surface area (Å²) in [7, 11) is -2.82. The second-order valence-electron chi connectivity index (χ2n) is 3.63. The van der Waals surface area contributed by atoms with Crippen molar-refractivity contribution in [1.82, 2.24) is 5.32 Å². The van der Waals surface area contributed by atoms with Crippen LogP contribution in [0.25, 0.3) is 6.08 Å². The number of aliphatic hydroxyl groups excluding tert-OH is 1. The van der Waals surface area contributed by atoms with Crippen LogP contribution in [-0.4, -0.2) is 33.3 Å². The quantitative estimate of drug-likeness (QED) is 0.659. The molecule has 0 unspecified atom stereocenters. The van der Waals surface area contributed by atoms with Gasteiger partial charge in [0.1, 0.15) is 0 Å². The first-order valence-electron chi connectivity index (χ1n) is 5.04. The van der Waals surface area contributed by atoms with Gasteiger partial charge in [-0.3, -0.25) is 13.9 Å². The van der Waals surface area contributed by atoms with E-state index < -0.39 is 10.6 Å². The minimum Gasteiger partial charge on any atom is -0.395 e. The van der Waals surface area contributed by atoms with E-state index >= 15 is 0 Å². The molecule has 0 fully saturated rings. The molecule has 0 spiro atoms. The van der Waals surface area contributed by atoms with Crippen molar-refractivity contribution >= 4 is 22.6 Å². The van der Waals surface area contributed by atoms with Gasteiger partial charge in [-0.2, -0.15) is 0 Å². The topological polar surface area (TPSA) is 89.8 Å². The molecule has 92 valence electrons. The van der Waals surface area contributed by atoms with Crippen molar-refractivity contribution in [2.45, 2.75) is 4.90 Å². The third kappa shape index (κ3) is 2.34. The van der Waals surface area contributed by atoms with Crippen LogP contribution < -0.4 is 5.32 Å². The fourth-order valence-corrected chi connectivity index (χ4v) is 2.83. The van der Waals surface area contributed by atoms with Crippen LogP contribution in [0.2, 0.25) is 0 Å². The van der Waals surface area contributed by atoms with E-state index in [1.807, 2.05) is 0 Å². The summed E-state index contributed by atoms with van der Waals surface area (Å²) < 4.78 is 19.3. The van der Waals surface area contributed by atoms with E-state index in [0.29, 0.717) is 16.0 Å². The summed E-state index contributed by atoms with van der Waals surface area (Å²) in [4.78, 5) is 12.0. The number of rotatable bonds is 3. The van der Waals surface area contributed by atoms with Crippen LogP contribution in [0.15, 0.2) is 28.5 Å². The predicted molar refractivity (Wildman–Crippen MR) is 66.0 cm³/mol. The summed E-state index contributed by atoms with van der Waals surface area (Å²) in [5.41, 5.74) is 1.07. The minimum absolute atomic E-state index is 0.114. The van der Waals surface area contributed by atoms with E-state index in [2.05, 4.69) is 5.32 Å². The van der Waals surface area contributed by atoms with Gasteiger partial charge in [-0.15, -0.1) is 10.6 Å². The van der Waals surface area contributed by atoms with Crippen molar-refractivity contribution in [1.29, 1.82) is 0 Å². The van der Waals surface area contributed by atoms with E-state index in [4.69, 9.17) is 5.11 Å². The maximum atomic E-state index is 11.6. The zero-order valence-corrected chi connectivity index (χ0v) is 9.78. The molecule has 4 N–H and O–H groups in total. The number of carbonyl (C=O) groups excluding carboxylic acids is 1. The lowest BCUT2D eigenvalue weighted by Gasteiger charge is -2.25. The lowest BCUT2D eigenvalue weighted by Crippen LogP contribution is -2.26. The van der Waals surface area contributed by atoms with E-state index in [0.717, 1.165) is 0 Å². The van der Waals surface area contributed by atoms with Crippen molar-refractivity contribution < 1.29 is 19.0 Å². The van der Waals surface area contributed by atoms with Gasteiger partial charge in [0.05, 0.1) is 11.5 Å². The van der Waals surface area contributed by atoms with Gasteiger partial charge in [0, 0.05) is 17.5 Å². The molecule has 6 heteroatoms. The number of aliphatic hydroxyl groups is 1. The number of hydrogen-bond donors (Lipinski definition) is 4. The van der Waals surface area contributed by atoms with Gasteiger partial charge in [0.25, 0.3) is 5.91 Å². The predicted octanol–water partition coefficient (Wildman–Crippen LogP) is 1.50. The Bertz CT molecular complexity index is 484.